The zero-order chi connectivity index (χ0) is 15.2. The number of fused-ring (bicyclic) bond motifs is 3. The second-order valence-electron chi connectivity index (χ2n) is 6.68. The van der Waals surface area contributed by atoms with Gasteiger partial charge >= 0.3 is 0 Å². The number of hydrogen-bond acceptors (Lipinski definition) is 3. The third-order valence-corrected chi connectivity index (χ3v) is 5.26. The molecule has 0 spiro atoms. The summed E-state index contributed by atoms with van der Waals surface area (Å²) in [7, 11) is 0. The van der Waals surface area contributed by atoms with Crippen LogP contribution in [0.3, 0.4) is 0 Å². The minimum atomic E-state index is 0.510. The third kappa shape index (κ3) is 2.09. The van der Waals surface area contributed by atoms with Gasteiger partial charge in [-0.2, -0.15) is 0 Å². The predicted molar refractivity (Wildman–Crippen MR) is 89.0 cm³/mol. The van der Waals surface area contributed by atoms with Crippen molar-refractivity contribution in [1.29, 1.82) is 0 Å². The standard InChI is InChI=1S/C19H18N4/c1-2-4-13(5-3-1)10-23-12-22-18-17(20-11-21-19(18)23)16-9-14-6-7-15(16)8-14/h1-7,11-12,14-16H,8-10H2/t14-,15+,16-/m0/s1. The van der Waals surface area contributed by atoms with Crippen molar-refractivity contribution in [3.8, 4) is 0 Å². The highest BCUT2D eigenvalue weighted by atomic mass is 15.1. The first kappa shape index (κ1) is 13.0. The average Bonchev–Trinajstić information content (AvgIpc) is 3.31. The molecular weight excluding hydrogens is 284 g/mol. The lowest BCUT2D eigenvalue weighted by atomic mass is 9.90. The van der Waals surface area contributed by atoms with Gasteiger partial charge in [0.15, 0.2) is 5.65 Å². The summed E-state index contributed by atoms with van der Waals surface area (Å²) in [6.07, 6.45) is 10.8. The van der Waals surface area contributed by atoms with E-state index in [0.717, 1.165) is 29.3 Å². The second-order valence-corrected chi connectivity index (χ2v) is 6.68. The van der Waals surface area contributed by atoms with Crippen molar-refractivity contribution in [2.24, 2.45) is 11.8 Å². The summed E-state index contributed by atoms with van der Waals surface area (Å²) >= 11 is 0. The molecule has 2 aliphatic carbocycles. The molecule has 1 aromatic carbocycles. The van der Waals surface area contributed by atoms with Crippen LogP contribution in [0.1, 0.15) is 30.0 Å². The molecule has 0 radical (unpaired) electrons. The Morgan fingerprint density at radius 1 is 1.00 bits per heavy atom. The maximum absolute atomic E-state index is 4.66. The molecule has 2 aromatic heterocycles. The predicted octanol–water partition coefficient (Wildman–Crippen LogP) is 3.55. The van der Waals surface area contributed by atoms with Crippen LogP contribution in [0.15, 0.2) is 55.1 Å². The first-order valence-electron chi connectivity index (χ1n) is 8.26. The molecule has 23 heavy (non-hydrogen) atoms. The van der Waals surface area contributed by atoms with Gasteiger partial charge in [-0.3, -0.25) is 0 Å². The fraction of sp³-hybridized carbons (Fsp3) is 0.316. The van der Waals surface area contributed by atoms with E-state index in [-0.39, 0.29) is 0 Å². The van der Waals surface area contributed by atoms with E-state index in [1.54, 1.807) is 6.33 Å². The number of nitrogens with zero attached hydrogens (tertiary/aromatic N) is 4. The van der Waals surface area contributed by atoms with Gasteiger partial charge < -0.3 is 4.57 Å². The highest BCUT2D eigenvalue weighted by Crippen LogP contribution is 2.49. The number of imidazole rings is 1. The summed E-state index contributed by atoms with van der Waals surface area (Å²) in [4.78, 5) is 13.8. The van der Waals surface area contributed by atoms with Crippen molar-refractivity contribution in [3.05, 3.63) is 66.4 Å². The normalized spacial score (nSPS) is 25.5. The lowest BCUT2D eigenvalue weighted by Gasteiger charge is -2.17. The highest BCUT2D eigenvalue weighted by Gasteiger charge is 2.38. The quantitative estimate of drug-likeness (QED) is 0.695. The van der Waals surface area contributed by atoms with Gasteiger partial charge in [0, 0.05) is 5.92 Å². The number of benzene rings is 1. The molecular formula is C19H18N4. The summed E-state index contributed by atoms with van der Waals surface area (Å²) in [6, 6.07) is 10.4. The van der Waals surface area contributed by atoms with Gasteiger partial charge in [0.2, 0.25) is 0 Å². The lowest BCUT2D eigenvalue weighted by Crippen LogP contribution is -2.09. The Morgan fingerprint density at radius 3 is 2.70 bits per heavy atom. The molecule has 0 aliphatic heterocycles. The molecule has 4 nitrogen and oxygen atoms in total. The van der Waals surface area contributed by atoms with E-state index in [0.29, 0.717) is 11.8 Å². The van der Waals surface area contributed by atoms with E-state index in [9.17, 15) is 0 Å². The van der Waals surface area contributed by atoms with Crippen LogP contribution in [0.5, 0.6) is 0 Å². The maximum atomic E-state index is 4.66. The monoisotopic (exact) mass is 302 g/mol. The number of allylic oxidation sites excluding steroid dienone is 2. The second kappa shape index (κ2) is 5.01. The smallest absolute Gasteiger partial charge is 0.163 e. The zero-order valence-electron chi connectivity index (χ0n) is 12.8. The highest BCUT2D eigenvalue weighted by molar-refractivity contribution is 5.74. The molecule has 2 heterocycles. The van der Waals surface area contributed by atoms with E-state index in [1.165, 1.54) is 18.4 Å². The summed E-state index contributed by atoms with van der Waals surface area (Å²) in [6.45, 7) is 0.796. The van der Waals surface area contributed by atoms with Gasteiger partial charge in [0.1, 0.15) is 11.8 Å². The molecule has 3 aromatic rings. The van der Waals surface area contributed by atoms with E-state index in [4.69, 9.17) is 0 Å². The average molecular weight is 302 g/mol. The van der Waals surface area contributed by atoms with E-state index in [1.807, 2.05) is 12.4 Å². The van der Waals surface area contributed by atoms with Crippen LogP contribution in [0.25, 0.3) is 11.2 Å². The Morgan fingerprint density at radius 2 is 1.91 bits per heavy atom. The fourth-order valence-corrected chi connectivity index (χ4v) is 4.16. The summed E-state index contributed by atoms with van der Waals surface area (Å²) in [5, 5.41) is 0. The molecule has 2 bridgehead atoms. The maximum Gasteiger partial charge on any atom is 0.163 e. The van der Waals surface area contributed by atoms with Crippen LogP contribution in [0, 0.1) is 11.8 Å². The summed E-state index contributed by atoms with van der Waals surface area (Å²) in [5.74, 6) is 1.88. The number of hydrogen-bond donors (Lipinski definition) is 0. The molecule has 1 fully saturated rings. The van der Waals surface area contributed by atoms with Gasteiger partial charge in [-0.15, -0.1) is 0 Å². The molecule has 0 N–H and O–H groups in total. The van der Waals surface area contributed by atoms with Gasteiger partial charge in [-0.1, -0.05) is 42.5 Å². The Balaban J connectivity index is 1.55. The van der Waals surface area contributed by atoms with Gasteiger partial charge in [0.25, 0.3) is 0 Å². The van der Waals surface area contributed by atoms with E-state index in [2.05, 4.69) is 55.9 Å². The Hall–Kier alpha value is -2.49. The van der Waals surface area contributed by atoms with Crippen molar-refractivity contribution in [3.63, 3.8) is 0 Å². The Labute approximate surface area is 134 Å². The summed E-state index contributed by atoms with van der Waals surface area (Å²) < 4.78 is 2.12. The van der Waals surface area contributed by atoms with Gasteiger partial charge in [0.05, 0.1) is 18.6 Å². The van der Waals surface area contributed by atoms with Crippen molar-refractivity contribution in [2.75, 3.05) is 0 Å². The minimum Gasteiger partial charge on any atom is -0.311 e. The minimum absolute atomic E-state index is 0.510. The molecule has 5 rings (SSSR count). The van der Waals surface area contributed by atoms with E-state index < -0.39 is 0 Å². The van der Waals surface area contributed by atoms with Gasteiger partial charge in [-0.25, -0.2) is 15.0 Å². The number of aromatic nitrogens is 4. The van der Waals surface area contributed by atoms with Crippen molar-refractivity contribution >= 4 is 11.2 Å². The van der Waals surface area contributed by atoms with Crippen LogP contribution >= 0.6 is 0 Å². The van der Waals surface area contributed by atoms with Crippen molar-refractivity contribution < 1.29 is 0 Å². The molecule has 0 amide bonds. The Kier molecular flexibility index (Phi) is 2.83. The third-order valence-electron chi connectivity index (χ3n) is 5.26. The summed E-state index contributed by atoms with van der Waals surface area (Å²) in [5.41, 5.74) is 4.33. The topological polar surface area (TPSA) is 43.6 Å². The lowest BCUT2D eigenvalue weighted by molar-refractivity contribution is 0.573. The number of rotatable bonds is 3. The largest absolute Gasteiger partial charge is 0.311 e. The fourth-order valence-electron chi connectivity index (χ4n) is 4.16. The molecule has 0 unspecified atom stereocenters. The molecule has 0 saturated heterocycles. The van der Waals surface area contributed by atoms with Crippen molar-refractivity contribution in [2.45, 2.75) is 25.3 Å². The molecule has 2 aliphatic rings. The van der Waals surface area contributed by atoms with Crippen LogP contribution in [0.4, 0.5) is 0 Å². The first-order valence-corrected chi connectivity index (χ1v) is 8.26. The van der Waals surface area contributed by atoms with E-state index >= 15 is 0 Å². The molecule has 4 heteroatoms. The van der Waals surface area contributed by atoms with Crippen LogP contribution in [-0.4, -0.2) is 19.5 Å². The molecule has 1 saturated carbocycles. The zero-order valence-corrected chi connectivity index (χ0v) is 12.8. The van der Waals surface area contributed by atoms with Gasteiger partial charge in [-0.05, 0) is 30.2 Å². The first-order chi connectivity index (χ1) is 11.4. The Bertz CT molecular complexity index is 881. The molecule has 3 atom stereocenters. The van der Waals surface area contributed by atoms with Crippen molar-refractivity contribution in [1.82, 2.24) is 19.5 Å². The van der Waals surface area contributed by atoms with Crippen LogP contribution in [-0.2, 0) is 6.54 Å². The van der Waals surface area contributed by atoms with Crippen LogP contribution in [0.2, 0.25) is 0 Å². The SMILES string of the molecule is C1=C[C@@H]2C[C@H]1C[C@@H]2c1ncnc2c1ncn2Cc1ccccc1. The molecule has 114 valence electrons. The van der Waals surface area contributed by atoms with Crippen LogP contribution < -0.4 is 0 Å².